The fraction of sp³-hybridized carbons (Fsp3) is 0.200. The average Bonchev–Trinajstić information content (AvgIpc) is 4.43. The van der Waals surface area contributed by atoms with E-state index in [4.69, 9.17) is 61.9 Å². The molecule has 0 N–H and O–H groups in total. The molecule has 0 amide bonds. The maximum atomic E-state index is 5.06. The van der Waals surface area contributed by atoms with Gasteiger partial charge in [0.25, 0.3) is 0 Å². The smallest absolute Gasteiger partial charge is 0.100 e. The molecule has 3 unspecified atom stereocenters. The molecule has 6 aromatic heterocycles. The third kappa shape index (κ3) is 12.9. The lowest BCUT2D eigenvalue weighted by Gasteiger charge is -2.41. The molecule has 6 heterocycles. The summed E-state index contributed by atoms with van der Waals surface area (Å²) in [7, 11) is 0. The summed E-state index contributed by atoms with van der Waals surface area (Å²) in [4.78, 5) is 2.44. The maximum Gasteiger partial charge on any atom is 0.100 e. The average molecular weight is 1040 g/mol. The Morgan fingerprint density at radius 3 is 0.684 bits per heavy atom. The standard InChI is InChI=1S/C60H57N19/c1-7-19-46(20-8-1)34-73-40-52(61-67-73)31-58(55-43-76(70-64-55)37-49-25-13-4-14-26-49)79(59(56-44-77(71-65-56)38-50-27-15-5-16-28-50)32-53-41-74(68-62-53)35-47-21-9-2-10-22-47)60(57-45-78(72-66-57)39-51-29-17-6-18-30-51)33-54-42-75(69-63-54)36-48-23-11-3-12-24-48/h1-30,40-45,58-60H,31-39H2. The van der Waals surface area contributed by atoms with Crippen molar-refractivity contribution >= 4 is 0 Å². The Morgan fingerprint density at radius 2 is 0.456 bits per heavy atom. The van der Waals surface area contributed by atoms with Crippen LogP contribution in [0.15, 0.2) is 219 Å². The highest BCUT2D eigenvalue weighted by atomic mass is 15.5. The van der Waals surface area contributed by atoms with E-state index in [1.165, 1.54) is 0 Å². The van der Waals surface area contributed by atoms with Gasteiger partial charge in [-0.2, -0.15) is 0 Å². The molecule has 0 aliphatic carbocycles. The minimum absolute atomic E-state index is 0.365. The first-order valence-electron chi connectivity index (χ1n) is 26.4. The second-order valence-corrected chi connectivity index (χ2v) is 19.8. The summed E-state index contributed by atoms with van der Waals surface area (Å²) in [5, 5.41) is 58.4. The molecule has 79 heavy (non-hydrogen) atoms. The Labute approximate surface area is 456 Å². The molecular weight excluding hydrogens is 987 g/mol. The quantitative estimate of drug-likeness (QED) is 0.0566. The zero-order valence-electron chi connectivity index (χ0n) is 43.4. The zero-order valence-corrected chi connectivity index (χ0v) is 43.4. The van der Waals surface area contributed by atoms with E-state index in [9.17, 15) is 0 Å². The molecule has 19 heteroatoms. The Morgan fingerprint density at radius 1 is 0.253 bits per heavy atom. The van der Waals surface area contributed by atoms with Crippen LogP contribution in [-0.4, -0.2) is 94.9 Å². The highest BCUT2D eigenvalue weighted by Gasteiger charge is 2.41. The molecule has 12 rings (SSSR count). The van der Waals surface area contributed by atoms with E-state index in [-0.39, 0.29) is 0 Å². The summed E-state index contributed by atoms with van der Waals surface area (Å²) in [6, 6.07) is 59.9. The lowest BCUT2D eigenvalue weighted by atomic mass is 9.94. The van der Waals surface area contributed by atoms with Gasteiger partial charge < -0.3 is 0 Å². The van der Waals surface area contributed by atoms with Crippen molar-refractivity contribution in [1.82, 2.24) is 94.9 Å². The van der Waals surface area contributed by atoms with Gasteiger partial charge in [-0.05, 0) is 33.4 Å². The Kier molecular flexibility index (Phi) is 15.2. The van der Waals surface area contributed by atoms with Crippen molar-refractivity contribution in [2.24, 2.45) is 0 Å². The largest absolute Gasteiger partial charge is 0.276 e. The van der Waals surface area contributed by atoms with Crippen LogP contribution in [0.25, 0.3) is 0 Å². The maximum absolute atomic E-state index is 5.06. The second-order valence-electron chi connectivity index (χ2n) is 19.8. The van der Waals surface area contributed by atoms with Crippen molar-refractivity contribution in [2.75, 3.05) is 0 Å². The summed E-state index contributed by atoms with van der Waals surface area (Å²) in [5.41, 5.74) is 11.0. The fourth-order valence-corrected chi connectivity index (χ4v) is 10.1. The van der Waals surface area contributed by atoms with E-state index in [0.29, 0.717) is 75.6 Å². The van der Waals surface area contributed by atoms with Crippen LogP contribution < -0.4 is 0 Å². The van der Waals surface area contributed by atoms with Crippen molar-refractivity contribution in [2.45, 2.75) is 76.7 Å². The first-order chi connectivity index (χ1) is 39.0. The highest BCUT2D eigenvalue weighted by Crippen LogP contribution is 2.42. The van der Waals surface area contributed by atoms with Crippen LogP contribution in [0.2, 0.25) is 0 Å². The number of aromatic nitrogens is 18. The summed E-state index contributed by atoms with van der Waals surface area (Å²) in [6.07, 6.45) is 13.3. The molecule has 12 aromatic rings. The van der Waals surface area contributed by atoms with Gasteiger partial charge in [0, 0.05) is 37.9 Å². The topological polar surface area (TPSA) is 188 Å². The molecule has 19 nitrogen and oxygen atoms in total. The summed E-state index contributed by atoms with van der Waals surface area (Å²) < 4.78 is 11.3. The van der Waals surface area contributed by atoms with E-state index >= 15 is 0 Å². The predicted molar refractivity (Wildman–Crippen MR) is 295 cm³/mol. The third-order valence-electron chi connectivity index (χ3n) is 13.9. The van der Waals surface area contributed by atoms with Gasteiger partial charge >= 0.3 is 0 Å². The molecule has 392 valence electrons. The van der Waals surface area contributed by atoms with Gasteiger partial charge in [0.05, 0.1) is 93.1 Å². The minimum atomic E-state index is -0.557. The van der Waals surface area contributed by atoms with Crippen molar-refractivity contribution in [3.05, 3.63) is 287 Å². The van der Waals surface area contributed by atoms with Crippen LogP contribution in [-0.2, 0) is 58.5 Å². The van der Waals surface area contributed by atoms with Gasteiger partial charge in [0.1, 0.15) is 17.1 Å². The molecule has 0 saturated carbocycles. The monoisotopic (exact) mass is 1040 g/mol. The highest BCUT2D eigenvalue weighted by molar-refractivity contribution is 5.24. The van der Waals surface area contributed by atoms with Crippen molar-refractivity contribution in [3.63, 3.8) is 0 Å². The van der Waals surface area contributed by atoms with E-state index in [1.807, 2.05) is 174 Å². The van der Waals surface area contributed by atoms with Crippen LogP contribution in [0.5, 0.6) is 0 Å². The molecule has 0 aliphatic rings. The van der Waals surface area contributed by atoms with Crippen LogP contribution in [0.4, 0.5) is 0 Å². The molecular formula is C60H57N19. The van der Waals surface area contributed by atoms with Gasteiger partial charge in [-0.3, -0.25) is 4.90 Å². The molecule has 6 aromatic carbocycles. The fourth-order valence-electron chi connectivity index (χ4n) is 10.1. The van der Waals surface area contributed by atoms with Crippen LogP contribution in [0, 0.1) is 0 Å². The predicted octanol–water partition coefficient (Wildman–Crippen LogP) is 8.08. The molecule has 0 radical (unpaired) electrons. The van der Waals surface area contributed by atoms with Gasteiger partial charge in [-0.15, -0.1) is 30.6 Å². The first-order valence-corrected chi connectivity index (χ1v) is 26.4. The van der Waals surface area contributed by atoms with Crippen LogP contribution in [0.1, 0.15) is 85.7 Å². The normalized spacial score (nSPS) is 12.7. The Hall–Kier alpha value is -9.88. The van der Waals surface area contributed by atoms with Crippen LogP contribution >= 0.6 is 0 Å². The number of nitrogens with zero attached hydrogens (tertiary/aromatic N) is 19. The number of rotatable bonds is 24. The molecule has 3 atom stereocenters. The molecule has 0 bridgehead atoms. The summed E-state index contributed by atoms with van der Waals surface area (Å²) in [6.45, 7) is 3.18. The molecule has 0 fully saturated rings. The lowest BCUT2D eigenvalue weighted by molar-refractivity contribution is 0.0645. The summed E-state index contributed by atoms with van der Waals surface area (Å²) >= 11 is 0. The first kappa shape index (κ1) is 50.0. The van der Waals surface area contributed by atoms with E-state index < -0.39 is 18.1 Å². The molecule has 0 spiro atoms. The van der Waals surface area contributed by atoms with Crippen molar-refractivity contribution < 1.29 is 0 Å². The molecule has 0 saturated heterocycles. The van der Waals surface area contributed by atoms with Crippen molar-refractivity contribution in [1.29, 1.82) is 0 Å². The van der Waals surface area contributed by atoms with E-state index in [0.717, 1.165) is 50.5 Å². The Bertz CT molecular complexity index is 3360. The third-order valence-corrected chi connectivity index (χ3v) is 13.9. The molecule has 0 aliphatic heterocycles. The number of hydrogen-bond acceptors (Lipinski definition) is 13. The zero-order chi connectivity index (χ0) is 53.0. The SMILES string of the molecule is c1ccc(Cn2cc(CC(c3cn(Cc4ccccc4)nn3)N(C(Cc3cn(Cc4ccccc4)nn3)c3cn(Cc4ccccc4)nn3)C(Cc3cn(Cc4ccccc4)nn3)c3cn(Cc4ccccc4)nn3)nn2)cc1. The minimum Gasteiger partial charge on any atom is -0.276 e. The van der Waals surface area contributed by atoms with Crippen molar-refractivity contribution in [3.8, 4) is 0 Å². The number of hydrogen-bond donors (Lipinski definition) is 0. The van der Waals surface area contributed by atoms with Crippen LogP contribution in [0.3, 0.4) is 0 Å². The second kappa shape index (κ2) is 24.0. The lowest BCUT2D eigenvalue weighted by Crippen LogP contribution is -2.40. The van der Waals surface area contributed by atoms with Gasteiger partial charge in [-0.1, -0.05) is 213 Å². The van der Waals surface area contributed by atoms with E-state index in [1.54, 1.807) is 0 Å². The number of benzene rings is 6. The summed E-state index contributed by atoms with van der Waals surface area (Å²) in [5.74, 6) is 0. The van der Waals surface area contributed by atoms with Gasteiger partial charge in [0.15, 0.2) is 0 Å². The van der Waals surface area contributed by atoms with Gasteiger partial charge in [-0.25, -0.2) is 28.1 Å². The Balaban J connectivity index is 1.03. The van der Waals surface area contributed by atoms with E-state index in [2.05, 4.69) is 77.7 Å². The van der Waals surface area contributed by atoms with Gasteiger partial charge in [0.2, 0.25) is 0 Å².